The molecule has 1 aliphatic rings. The predicted molar refractivity (Wildman–Crippen MR) is 61.5 cm³/mol. The summed E-state index contributed by atoms with van der Waals surface area (Å²) in [5, 5.41) is 0. The zero-order valence-electron chi connectivity index (χ0n) is 9.77. The summed E-state index contributed by atoms with van der Waals surface area (Å²) in [6.07, 6.45) is 4.42. The highest BCUT2D eigenvalue weighted by molar-refractivity contribution is 5.40. The Labute approximate surface area is 95.8 Å². The molecule has 0 aliphatic heterocycles. The Kier molecular flexibility index (Phi) is 3.29. The normalized spacial score (nSPS) is 15.2. The molecule has 0 spiro atoms. The van der Waals surface area contributed by atoms with Crippen molar-refractivity contribution in [2.24, 2.45) is 5.73 Å². The lowest BCUT2D eigenvalue weighted by molar-refractivity contribution is 0.226. The van der Waals surface area contributed by atoms with E-state index in [2.05, 4.69) is 4.98 Å². The number of hydrogen-bond acceptors (Lipinski definition) is 4. The number of nitrogens with two attached hydrogens (primary N) is 1. The highest BCUT2D eigenvalue weighted by Gasteiger charge is 2.25. The monoisotopic (exact) mass is 222 g/mol. The predicted octanol–water partition coefficient (Wildman–Crippen LogP) is 1.87. The second kappa shape index (κ2) is 4.70. The number of aromatic nitrogens is 1. The summed E-state index contributed by atoms with van der Waals surface area (Å²) in [5.74, 6) is 1.41. The van der Waals surface area contributed by atoms with Crippen LogP contribution in [-0.2, 0) is 6.54 Å². The maximum Gasteiger partial charge on any atom is 0.221 e. The number of nitrogens with zero attached hydrogens (tertiary/aromatic N) is 1. The summed E-state index contributed by atoms with van der Waals surface area (Å²) in [7, 11) is 0. The van der Waals surface area contributed by atoms with Crippen LogP contribution in [0.15, 0.2) is 12.3 Å². The van der Waals surface area contributed by atoms with Crippen molar-refractivity contribution in [3.05, 3.63) is 17.8 Å². The van der Waals surface area contributed by atoms with E-state index in [-0.39, 0.29) is 6.10 Å². The highest BCUT2D eigenvalue weighted by Crippen LogP contribution is 2.32. The molecule has 0 atom stereocenters. The molecule has 4 heteroatoms. The SMILES string of the molecule is CC(C)Oc1nccc(OC2CC2)c1CN. The van der Waals surface area contributed by atoms with Gasteiger partial charge in [-0.2, -0.15) is 0 Å². The summed E-state index contributed by atoms with van der Waals surface area (Å²) in [5.41, 5.74) is 6.59. The van der Waals surface area contributed by atoms with Gasteiger partial charge < -0.3 is 15.2 Å². The maximum absolute atomic E-state index is 5.77. The number of hydrogen-bond donors (Lipinski definition) is 1. The summed E-state index contributed by atoms with van der Waals surface area (Å²) < 4.78 is 11.4. The van der Waals surface area contributed by atoms with E-state index in [0.717, 1.165) is 24.2 Å². The standard InChI is InChI=1S/C12H18N2O2/c1-8(2)15-12-10(7-13)11(5-6-14-12)16-9-3-4-9/h5-6,8-9H,3-4,7,13H2,1-2H3. The van der Waals surface area contributed by atoms with Crippen LogP contribution in [0.4, 0.5) is 0 Å². The fourth-order valence-electron chi connectivity index (χ4n) is 1.45. The van der Waals surface area contributed by atoms with E-state index in [4.69, 9.17) is 15.2 Å². The van der Waals surface area contributed by atoms with E-state index < -0.39 is 0 Å². The molecule has 1 heterocycles. The molecule has 0 aromatic carbocycles. The van der Waals surface area contributed by atoms with Crippen LogP contribution in [0.25, 0.3) is 0 Å². The van der Waals surface area contributed by atoms with Gasteiger partial charge in [0.2, 0.25) is 5.88 Å². The molecule has 0 bridgehead atoms. The van der Waals surface area contributed by atoms with Crippen molar-refractivity contribution in [2.45, 2.75) is 45.4 Å². The van der Waals surface area contributed by atoms with Crippen LogP contribution in [0, 0.1) is 0 Å². The highest BCUT2D eigenvalue weighted by atomic mass is 16.5. The van der Waals surface area contributed by atoms with Gasteiger partial charge in [-0.25, -0.2) is 4.98 Å². The summed E-state index contributed by atoms with van der Waals surface area (Å²) >= 11 is 0. The summed E-state index contributed by atoms with van der Waals surface area (Å²) in [6.45, 7) is 4.32. The Bertz CT molecular complexity index is 340. The number of ether oxygens (including phenoxy) is 2. The average molecular weight is 222 g/mol. The lowest BCUT2D eigenvalue weighted by Crippen LogP contribution is -2.12. The fourth-order valence-corrected chi connectivity index (χ4v) is 1.45. The van der Waals surface area contributed by atoms with E-state index in [0.29, 0.717) is 18.5 Å². The Morgan fingerprint density at radius 2 is 2.25 bits per heavy atom. The first-order valence-electron chi connectivity index (χ1n) is 5.72. The molecule has 88 valence electrons. The molecule has 2 N–H and O–H groups in total. The molecule has 2 rings (SSSR count). The molecule has 4 nitrogen and oxygen atoms in total. The van der Waals surface area contributed by atoms with Crippen molar-refractivity contribution < 1.29 is 9.47 Å². The van der Waals surface area contributed by atoms with Gasteiger partial charge in [0.15, 0.2) is 0 Å². The van der Waals surface area contributed by atoms with E-state index in [1.807, 2.05) is 19.9 Å². The van der Waals surface area contributed by atoms with Crippen LogP contribution in [0.1, 0.15) is 32.3 Å². The Morgan fingerprint density at radius 1 is 1.50 bits per heavy atom. The van der Waals surface area contributed by atoms with Crippen LogP contribution >= 0.6 is 0 Å². The maximum atomic E-state index is 5.77. The van der Waals surface area contributed by atoms with Gasteiger partial charge in [0, 0.05) is 12.7 Å². The lowest BCUT2D eigenvalue weighted by Gasteiger charge is -2.15. The van der Waals surface area contributed by atoms with Crippen molar-refractivity contribution in [2.75, 3.05) is 0 Å². The molecular formula is C12H18N2O2. The van der Waals surface area contributed by atoms with E-state index in [1.165, 1.54) is 0 Å². The third-order valence-corrected chi connectivity index (χ3v) is 2.34. The Hall–Kier alpha value is -1.29. The van der Waals surface area contributed by atoms with Gasteiger partial charge in [-0.15, -0.1) is 0 Å². The largest absolute Gasteiger partial charge is 0.490 e. The molecule has 1 fully saturated rings. The van der Waals surface area contributed by atoms with Gasteiger partial charge in [-0.05, 0) is 32.8 Å². The van der Waals surface area contributed by atoms with Crippen molar-refractivity contribution in [1.29, 1.82) is 0 Å². The lowest BCUT2D eigenvalue weighted by atomic mass is 10.2. The van der Waals surface area contributed by atoms with Crippen molar-refractivity contribution in [3.63, 3.8) is 0 Å². The van der Waals surface area contributed by atoms with E-state index in [9.17, 15) is 0 Å². The molecule has 1 aliphatic carbocycles. The molecule has 16 heavy (non-hydrogen) atoms. The first-order valence-corrected chi connectivity index (χ1v) is 5.72. The Balaban J connectivity index is 2.21. The van der Waals surface area contributed by atoms with Crippen molar-refractivity contribution in [3.8, 4) is 11.6 Å². The van der Waals surface area contributed by atoms with Gasteiger partial charge in [0.25, 0.3) is 0 Å². The molecule has 0 saturated heterocycles. The van der Waals surface area contributed by atoms with Gasteiger partial charge in [-0.3, -0.25) is 0 Å². The third-order valence-electron chi connectivity index (χ3n) is 2.34. The van der Waals surface area contributed by atoms with Gasteiger partial charge in [0.1, 0.15) is 5.75 Å². The van der Waals surface area contributed by atoms with Crippen LogP contribution in [0.3, 0.4) is 0 Å². The van der Waals surface area contributed by atoms with Gasteiger partial charge in [0.05, 0.1) is 17.8 Å². The third kappa shape index (κ3) is 2.64. The first kappa shape index (κ1) is 11.2. The van der Waals surface area contributed by atoms with Crippen LogP contribution in [0.5, 0.6) is 11.6 Å². The molecule has 1 saturated carbocycles. The number of rotatable bonds is 5. The topological polar surface area (TPSA) is 57.4 Å². The van der Waals surface area contributed by atoms with Gasteiger partial charge in [-0.1, -0.05) is 0 Å². The van der Waals surface area contributed by atoms with E-state index >= 15 is 0 Å². The fraction of sp³-hybridized carbons (Fsp3) is 0.583. The average Bonchev–Trinajstić information content (AvgIpc) is 3.01. The zero-order chi connectivity index (χ0) is 11.5. The first-order chi connectivity index (χ1) is 7.70. The molecule has 1 aromatic heterocycles. The second-order valence-electron chi connectivity index (χ2n) is 4.28. The van der Waals surface area contributed by atoms with Crippen LogP contribution < -0.4 is 15.2 Å². The molecule has 0 amide bonds. The van der Waals surface area contributed by atoms with Crippen molar-refractivity contribution in [1.82, 2.24) is 4.98 Å². The molecule has 0 radical (unpaired) electrons. The second-order valence-corrected chi connectivity index (χ2v) is 4.28. The Morgan fingerprint density at radius 3 is 2.81 bits per heavy atom. The zero-order valence-corrected chi connectivity index (χ0v) is 9.77. The molecule has 1 aromatic rings. The number of pyridine rings is 1. The van der Waals surface area contributed by atoms with Crippen LogP contribution in [0.2, 0.25) is 0 Å². The van der Waals surface area contributed by atoms with Gasteiger partial charge >= 0.3 is 0 Å². The van der Waals surface area contributed by atoms with Crippen LogP contribution in [-0.4, -0.2) is 17.2 Å². The minimum absolute atomic E-state index is 0.0916. The summed E-state index contributed by atoms with van der Waals surface area (Å²) in [4.78, 5) is 4.20. The van der Waals surface area contributed by atoms with E-state index in [1.54, 1.807) is 6.20 Å². The van der Waals surface area contributed by atoms with Crippen molar-refractivity contribution >= 4 is 0 Å². The molecule has 0 unspecified atom stereocenters. The molecular weight excluding hydrogens is 204 g/mol. The smallest absolute Gasteiger partial charge is 0.221 e. The minimum Gasteiger partial charge on any atom is -0.490 e. The minimum atomic E-state index is 0.0916. The quantitative estimate of drug-likeness (QED) is 0.826. The summed E-state index contributed by atoms with van der Waals surface area (Å²) in [6, 6.07) is 1.85.